The standard InChI is InChI=1S/C9H8N2.CH3NO/c1-2-4-9(5-3-1)11-7-6-10-8-11;2-1-3/h1-8H;1H,(H2,2,3). The predicted octanol–water partition coefficient (Wildman–Crippen LogP) is 0.974. The summed E-state index contributed by atoms with van der Waals surface area (Å²) in [5.41, 5.74) is 5.31. The molecule has 0 aliphatic carbocycles. The zero-order valence-corrected chi connectivity index (χ0v) is 7.58. The third-order valence-corrected chi connectivity index (χ3v) is 1.56. The van der Waals surface area contributed by atoms with E-state index in [4.69, 9.17) is 4.79 Å². The van der Waals surface area contributed by atoms with Gasteiger partial charge in [0, 0.05) is 18.1 Å². The summed E-state index contributed by atoms with van der Waals surface area (Å²) < 4.78 is 1.97. The van der Waals surface area contributed by atoms with E-state index in [-0.39, 0.29) is 6.41 Å². The lowest BCUT2D eigenvalue weighted by Gasteiger charge is -1.98. The number of aromatic nitrogens is 2. The summed E-state index contributed by atoms with van der Waals surface area (Å²) in [6, 6.07) is 10.1. The summed E-state index contributed by atoms with van der Waals surface area (Å²) in [7, 11) is 0. The van der Waals surface area contributed by atoms with Gasteiger partial charge in [0.1, 0.15) is 0 Å². The van der Waals surface area contributed by atoms with Crippen molar-refractivity contribution in [2.24, 2.45) is 5.73 Å². The molecule has 1 amide bonds. The van der Waals surface area contributed by atoms with Crippen LogP contribution >= 0.6 is 0 Å². The van der Waals surface area contributed by atoms with E-state index in [9.17, 15) is 0 Å². The lowest BCUT2D eigenvalue weighted by Crippen LogP contribution is -1.87. The number of rotatable bonds is 1. The molecule has 72 valence electrons. The highest BCUT2D eigenvalue weighted by atomic mass is 16.1. The van der Waals surface area contributed by atoms with Crippen LogP contribution in [0.3, 0.4) is 0 Å². The summed E-state index contributed by atoms with van der Waals surface area (Å²) in [5, 5.41) is 0. The summed E-state index contributed by atoms with van der Waals surface area (Å²) in [6.07, 6.45) is 5.73. The minimum Gasteiger partial charge on any atom is -0.372 e. The van der Waals surface area contributed by atoms with Crippen LogP contribution in [0, 0.1) is 0 Å². The van der Waals surface area contributed by atoms with Crippen molar-refractivity contribution in [3.63, 3.8) is 0 Å². The largest absolute Gasteiger partial charge is 0.372 e. The Kier molecular flexibility index (Phi) is 3.94. The van der Waals surface area contributed by atoms with Crippen molar-refractivity contribution in [2.45, 2.75) is 0 Å². The molecule has 0 unspecified atom stereocenters. The number of imidazole rings is 1. The van der Waals surface area contributed by atoms with E-state index in [0.717, 1.165) is 5.69 Å². The second kappa shape index (κ2) is 5.53. The first kappa shape index (κ1) is 9.98. The molecule has 1 aromatic carbocycles. The maximum Gasteiger partial charge on any atom is 0.204 e. The van der Waals surface area contributed by atoms with Gasteiger partial charge in [-0.25, -0.2) is 4.98 Å². The molecule has 0 bridgehead atoms. The number of amides is 1. The molecule has 0 aliphatic heterocycles. The third kappa shape index (κ3) is 2.75. The van der Waals surface area contributed by atoms with E-state index in [0.29, 0.717) is 0 Å². The first-order valence-corrected chi connectivity index (χ1v) is 4.07. The van der Waals surface area contributed by atoms with Gasteiger partial charge in [0.05, 0.1) is 6.33 Å². The second-order valence-corrected chi connectivity index (χ2v) is 2.44. The molecule has 4 nitrogen and oxygen atoms in total. The van der Waals surface area contributed by atoms with Gasteiger partial charge >= 0.3 is 0 Å². The maximum atomic E-state index is 8.58. The first-order chi connectivity index (χ1) is 6.88. The van der Waals surface area contributed by atoms with Gasteiger partial charge < -0.3 is 10.3 Å². The molecule has 2 aromatic rings. The smallest absolute Gasteiger partial charge is 0.204 e. The highest BCUT2D eigenvalue weighted by Gasteiger charge is 1.89. The fraction of sp³-hybridized carbons (Fsp3) is 0. The van der Waals surface area contributed by atoms with E-state index in [1.165, 1.54) is 0 Å². The molecule has 0 spiro atoms. The lowest BCUT2D eigenvalue weighted by molar-refractivity contribution is -0.106. The first-order valence-electron chi connectivity index (χ1n) is 4.07. The van der Waals surface area contributed by atoms with Crippen molar-refractivity contribution in [1.29, 1.82) is 0 Å². The SMILES string of the molecule is NC=O.c1ccc(-n2ccnc2)cc1. The molecule has 0 atom stereocenters. The number of hydrogen-bond donors (Lipinski definition) is 1. The van der Waals surface area contributed by atoms with Crippen molar-refractivity contribution in [3.05, 3.63) is 49.1 Å². The average Bonchev–Trinajstić information content (AvgIpc) is 2.73. The quantitative estimate of drug-likeness (QED) is 0.679. The number of nitrogens with two attached hydrogens (primary N) is 1. The molecule has 14 heavy (non-hydrogen) atoms. The van der Waals surface area contributed by atoms with Crippen LogP contribution in [0.15, 0.2) is 49.1 Å². The van der Waals surface area contributed by atoms with Gasteiger partial charge in [-0.1, -0.05) is 18.2 Å². The fourth-order valence-corrected chi connectivity index (χ4v) is 1.01. The van der Waals surface area contributed by atoms with E-state index in [2.05, 4.69) is 10.7 Å². The highest BCUT2D eigenvalue weighted by molar-refractivity contribution is 5.42. The molecule has 0 radical (unpaired) electrons. The molecule has 1 heterocycles. The number of primary amides is 1. The van der Waals surface area contributed by atoms with Crippen LogP contribution in [0.4, 0.5) is 0 Å². The average molecular weight is 189 g/mol. The molecule has 0 saturated carbocycles. The van der Waals surface area contributed by atoms with Crippen molar-refractivity contribution < 1.29 is 4.79 Å². The molecule has 1 aromatic heterocycles. The Morgan fingerprint density at radius 2 is 1.93 bits per heavy atom. The number of nitrogens with zero attached hydrogens (tertiary/aromatic N) is 2. The number of benzene rings is 1. The number of carbonyl (C=O) groups excluding carboxylic acids is 1. The molecule has 2 rings (SSSR count). The van der Waals surface area contributed by atoms with Crippen molar-refractivity contribution in [3.8, 4) is 5.69 Å². The van der Waals surface area contributed by atoms with Crippen molar-refractivity contribution >= 4 is 6.41 Å². The Labute approximate surface area is 82.0 Å². The van der Waals surface area contributed by atoms with Gasteiger partial charge in [-0.05, 0) is 12.1 Å². The van der Waals surface area contributed by atoms with Crippen LogP contribution in [0.1, 0.15) is 0 Å². The summed E-state index contributed by atoms with van der Waals surface area (Å²) in [4.78, 5) is 12.5. The number of para-hydroxylation sites is 1. The highest BCUT2D eigenvalue weighted by Crippen LogP contribution is 2.04. The zero-order chi connectivity index (χ0) is 10.2. The van der Waals surface area contributed by atoms with Gasteiger partial charge in [-0.2, -0.15) is 0 Å². The van der Waals surface area contributed by atoms with Gasteiger partial charge in [0.25, 0.3) is 0 Å². The lowest BCUT2D eigenvalue weighted by atomic mass is 10.3. The molecule has 2 N–H and O–H groups in total. The molecule has 0 aliphatic rings. The van der Waals surface area contributed by atoms with Crippen molar-refractivity contribution in [1.82, 2.24) is 9.55 Å². The van der Waals surface area contributed by atoms with Gasteiger partial charge in [-0.3, -0.25) is 4.79 Å². The normalized spacial score (nSPS) is 8.57. The molecular formula is C10H11N3O. The molecule has 0 fully saturated rings. The summed E-state index contributed by atoms with van der Waals surface area (Å²) in [6.45, 7) is 0. The van der Waals surface area contributed by atoms with E-state index in [1.54, 1.807) is 12.5 Å². The number of hydrogen-bond acceptors (Lipinski definition) is 2. The topological polar surface area (TPSA) is 60.9 Å². The summed E-state index contributed by atoms with van der Waals surface area (Å²) in [5.74, 6) is 0. The van der Waals surface area contributed by atoms with Crippen LogP contribution in [-0.4, -0.2) is 16.0 Å². The van der Waals surface area contributed by atoms with Crippen LogP contribution in [0.5, 0.6) is 0 Å². The van der Waals surface area contributed by atoms with E-state index >= 15 is 0 Å². The Morgan fingerprint density at radius 3 is 2.43 bits per heavy atom. The summed E-state index contributed by atoms with van der Waals surface area (Å²) >= 11 is 0. The van der Waals surface area contributed by atoms with Gasteiger partial charge in [0.2, 0.25) is 6.41 Å². The van der Waals surface area contributed by atoms with E-state index < -0.39 is 0 Å². The Bertz CT molecular complexity index is 356. The molecule has 4 heteroatoms. The Balaban J connectivity index is 0.000000293. The monoisotopic (exact) mass is 189 g/mol. The zero-order valence-electron chi connectivity index (χ0n) is 7.58. The third-order valence-electron chi connectivity index (χ3n) is 1.56. The Morgan fingerprint density at radius 1 is 1.29 bits per heavy atom. The van der Waals surface area contributed by atoms with Crippen LogP contribution in [0.2, 0.25) is 0 Å². The van der Waals surface area contributed by atoms with Crippen LogP contribution in [0.25, 0.3) is 5.69 Å². The van der Waals surface area contributed by atoms with Crippen LogP contribution in [-0.2, 0) is 4.79 Å². The van der Waals surface area contributed by atoms with Crippen LogP contribution < -0.4 is 5.73 Å². The molecular weight excluding hydrogens is 178 g/mol. The Hall–Kier alpha value is -2.10. The van der Waals surface area contributed by atoms with Gasteiger partial charge in [0.15, 0.2) is 0 Å². The van der Waals surface area contributed by atoms with E-state index in [1.807, 2.05) is 41.1 Å². The second-order valence-electron chi connectivity index (χ2n) is 2.44. The molecule has 0 saturated heterocycles. The fourth-order valence-electron chi connectivity index (χ4n) is 1.01. The van der Waals surface area contributed by atoms with Crippen molar-refractivity contribution in [2.75, 3.05) is 0 Å². The number of carbonyl (C=O) groups is 1. The predicted molar refractivity (Wildman–Crippen MR) is 53.8 cm³/mol. The minimum absolute atomic E-state index is 0.250. The maximum absolute atomic E-state index is 8.58. The minimum atomic E-state index is 0.250. The van der Waals surface area contributed by atoms with Gasteiger partial charge in [-0.15, -0.1) is 0 Å².